The van der Waals surface area contributed by atoms with Gasteiger partial charge in [-0.3, -0.25) is 0 Å². The third-order valence-corrected chi connectivity index (χ3v) is 3.35. The monoisotopic (exact) mass is 315 g/mol. The molecule has 116 valence electrons. The van der Waals surface area contributed by atoms with Gasteiger partial charge in [-0.1, -0.05) is 35.5 Å². The van der Waals surface area contributed by atoms with Crippen molar-refractivity contribution in [3.05, 3.63) is 54.0 Å². The number of aromatic nitrogens is 1. The van der Waals surface area contributed by atoms with Gasteiger partial charge in [0.2, 0.25) is 0 Å². The summed E-state index contributed by atoms with van der Waals surface area (Å²) in [4.78, 5) is 11.5. The molecule has 3 aromatic rings. The van der Waals surface area contributed by atoms with Crippen LogP contribution >= 0.6 is 0 Å². The lowest BCUT2D eigenvalue weighted by molar-refractivity contribution is 0.0691. The average molecular weight is 315 g/mol. The number of phenols is 2. The van der Waals surface area contributed by atoms with E-state index in [9.17, 15) is 24.5 Å². The van der Waals surface area contributed by atoms with E-state index in [0.717, 1.165) is 0 Å². The zero-order chi connectivity index (χ0) is 16.6. The van der Waals surface area contributed by atoms with Crippen molar-refractivity contribution in [1.82, 2.24) is 5.16 Å². The Hall–Kier alpha value is -3.35. The van der Waals surface area contributed by atoms with Crippen molar-refractivity contribution in [1.29, 1.82) is 0 Å². The summed E-state index contributed by atoms with van der Waals surface area (Å²) in [6.07, 6.45) is 1.26. The number of carboxylic acid groups (broad SMARTS) is 1. The number of benzene rings is 2. The van der Waals surface area contributed by atoms with E-state index in [-0.39, 0.29) is 16.9 Å². The number of aromatic carboxylic acids is 1. The summed E-state index contributed by atoms with van der Waals surface area (Å²) in [7, 11) is 0. The molecule has 0 spiro atoms. The minimum Gasteiger partial charge on any atom is -0.504 e. The number of phenolic OH excluding ortho intramolecular Hbond substituents is 2. The van der Waals surface area contributed by atoms with Gasteiger partial charge in [-0.2, -0.15) is 0 Å². The van der Waals surface area contributed by atoms with E-state index in [2.05, 4.69) is 5.16 Å². The van der Waals surface area contributed by atoms with Crippen LogP contribution in [-0.4, -0.2) is 26.4 Å². The molecule has 6 nitrogen and oxygen atoms in total. The molecule has 0 fully saturated rings. The Morgan fingerprint density at radius 3 is 2.30 bits per heavy atom. The molecule has 1 aromatic heterocycles. The molecule has 0 aliphatic carbocycles. The Morgan fingerprint density at radius 2 is 1.74 bits per heavy atom. The number of carbonyl (C=O) groups is 1. The third-order valence-electron chi connectivity index (χ3n) is 3.35. The summed E-state index contributed by atoms with van der Waals surface area (Å²) in [5.41, 5.74) is -0.683. The Labute approximate surface area is 129 Å². The van der Waals surface area contributed by atoms with Crippen LogP contribution in [0.15, 0.2) is 47.1 Å². The molecule has 0 amide bonds. The van der Waals surface area contributed by atoms with Crippen LogP contribution in [0.4, 0.5) is 4.39 Å². The molecule has 2 aromatic carbocycles. The fourth-order valence-corrected chi connectivity index (χ4v) is 2.37. The maximum atomic E-state index is 14.2. The van der Waals surface area contributed by atoms with Crippen LogP contribution in [0.2, 0.25) is 0 Å². The van der Waals surface area contributed by atoms with Crippen molar-refractivity contribution in [3.63, 3.8) is 0 Å². The zero-order valence-corrected chi connectivity index (χ0v) is 11.5. The molecular weight excluding hydrogens is 305 g/mol. The maximum Gasteiger partial charge on any atom is 0.339 e. The SMILES string of the molecule is O=C(O)c1c(F)c(O)c(O)c(-c2ccccc2)c1-c1ccno1. The molecule has 0 unspecified atom stereocenters. The van der Waals surface area contributed by atoms with Gasteiger partial charge in [-0.15, -0.1) is 0 Å². The van der Waals surface area contributed by atoms with Crippen molar-refractivity contribution in [2.45, 2.75) is 0 Å². The van der Waals surface area contributed by atoms with Crippen molar-refractivity contribution in [3.8, 4) is 33.9 Å². The number of rotatable bonds is 3. The molecule has 7 heteroatoms. The average Bonchev–Trinajstić information content (AvgIpc) is 3.07. The van der Waals surface area contributed by atoms with Crippen LogP contribution < -0.4 is 0 Å². The fraction of sp³-hybridized carbons (Fsp3) is 0. The van der Waals surface area contributed by atoms with Crippen LogP contribution in [0.5, 0.6) is 11.5 Å². The molecule has 0 saturated carbocycles. The van der Waals surface area contributed by atoms with Gasteiger partial charge in [0.1, 0.15) is 5.56 Å². The summed E-state index contributed by atoms with van der Waals surface area (Å²) in [6.45, 7) is 0. The smallest absolute Gasteiger partial charge is 0.339 e. The highest BCUT2D eigenvalue weighted by Gasteiger charge is 2.30. The Morgan fingerprint density at radius 1 is 1.04 bits per heavy atom. The Kier molecular flexibility index (Phi) is 3.46. The first-order valence-electron chi connectivity index (χ1n) is 6.49. The van der Waals surface area contributed by atoms with Gasteiger partial charge < -0.3 is 19.8 Å². The summed E-state index contributed by atoms with van der Waals surface area (Å²) in [5, 5.41) is 32.8. The zero-order valence-electron chi connectivity index (χ0n) is 11.5. The van der Waals surface area contributed by atoms with Gasteiger partial charge in [0.15, 0.2) is 23.1 Å². The number of nitrogens with zero attached hydrogens (tertiary/aromatic N) is 1. The van der Waals surface area contributed by atoms with E-state index in [1.54, 1.807) is 30.3 Å². The van der Waals surface area contributed by atoms with Crippen molar-refractivity contribution in [2.24, 2.45) is 0 Å². The Bertz CT molecular complexity index is 875. The standard InChI is InChI=1S/C16H10FNO5/c17-13-12(16(21)22)11(9-6-7-18-23-9)10(14(19)15(13)20)8-4-2-1-3-5-8/h1-7,19-20H,(H,21,22). The van der Waals surface area contributed by atoms with Crippen molar-refractivity contribution in [2.75, 3.05) is 0 Å². The minimum absolute atomic E-state index is 0.0459. The summed E-state index contributed by atoms with van der Waals surface area (Å²) in [5.74, 6) is -5.01. The molecule has 0 atom stereocenters. The van der Waals surface area contributed by atoms with Crippen LogP contribution in [0.25, 0.3) is 22.5 Å². The molecule has 0 aliphatic heterocycles. The third kappa shape index (κ3) is 2.28. The normalized spacial score (nSPS) is 10.7. The highest BCUT2D eigenvalue weighted by atomic mass is 19.1. The topological polar surface area (TPSA) is 104 Å². The fourth-order valence-electron chi connectivity index (χ4n) is 2.37. The van der Waals surface area contributed by atoms with E-state index >= 15 is 0 Å². The largest absolute Gasteiger partial charge is 0.504 e. The van der Waals surface area contributed by atoms with Crippen LogP contribution in [0.1, 0.15) is 10.4 Å². The highest BCUT2D eigenvalue weighted by Crippen LogP contribution is 2.47. The molecule has 3 rings (SSSR count). The summed E-state index contributed by atoms with van der Waals surface area (Å²) >= 11 is 0. The number of halogens is 1. The van der Waals surface area contributed by atoms with E-state index < -0.39 is 28.8 Å². The second kappa shape index (κ2) is 5.45. The summed E-state index contributed by atoms with van der Waals surface area (Å²) in [6, 6.07) is 9.52. The second-order valence-electron chi connectivity index (χ2n) is 4.68. The van der Waals surface area contributed by atoms with E-state index in [1.165, 1.54) is 12.3 Å². The summed E-state index contributed by atoms with van der Waals surface area (Å²) < 4.78 is 19.2. The lowest BCUT2D eigenvalue weighted by atomic mass is 9.91. The van der Waals surface area contributed by atoms with Crippen LogP contribution in [0, 0.1) is 5.82 Å². The van der Waals surface area contributed by atoms with Crippen LogP contribution in [-0.2, 0) is 0 Å². The molecule has 1 heterocycles. The first-order valence-corrected chi connectivity index (χ1v) is 6.49. The molecule has 3 N–H and O–H groups in total. The second-order valence-corrected chi connectivity index (χ2v) is 4.68. The molecule has 0 saturated heterocycles. The lowest BCUT2D eigenvalue weighted by Crippen LogP contribution is -2.06. The number of carboxylic acids is 1. The van der Waals surface area contributed by atoms with E-state index in [1.807, 2.05) is 0 Å². The predicted molar refractivity (Wildman–Crippen MR) is 77.6 cm³/mol. The molecule has 0 aliphatic rings. The van der Waals surface area contributed by atoms with Gasteiger partial charge >= 0.3 is 5.97 Å². The van der Waals surface area contributed by atoms with Gasteiger partial charge in [-0.05, 0) is 5.56 Å². The van der Waals surface area contributed by atoms with E-state index in [0.29, 0.717) is 5.56 Å². The van der Waals surface area contributed by atoms with Gasteiger partial charge in [-0.25, -0.2) is 9.18 Å². The number of hydrogen-bond donors (Lipinski definition) is 3. The first-order chi connectivity index (χ1) is 11.0. The van der Waals surface area contributed by atoms with Gasteiger partial charge in [0.25, 0.3) is 0 Å². The highest BCUT2D eigenvalue weighted by molar-refractivity contribution is 6.03. The van der Waals surface area contributed by atoms with E-state index in [4.69, 9.17) is 4.52 Å². The van der Waals surface area contributed by atoms with Crippen LogP contribution in [0.3, 0.4) is 0 Å². The Balaban J connectivity index is 2.50. The van der Waals surface area contributed by atoms with Gasteiger partial charge in [0.05, 0.1) is 6.20 Å². The quantitative estimate of drug-likeness (QED) is 0.641. The number of hydrogen-bond acceptors (Lipinski definition) is 5. The minimum atomic E-state index is -1.61. The van der Waals surface area contributed by atoms with Crippen molar-refractivity contribution < 1.29 is 29.0 Å². The predicted octanol–water partition coefficient (Wildman–Crippen LogP) is 3.26. The maximum absolute atomic E-state index is 14.2. The molecule has 0 bridgehead atoms. The van der Waals surface area contributed by atoms with Gasteiger partial charge in [0, 0.05) is 17.2 Å². The molecule has 0 radical (unpaired) electrons. The van der Waals surface area contributed by atoms with Crippen molar-refractivity contribution >= 4 is 5.97 Å². The lowest BCUT2D eigenvalue weighted by Gasteiger charge is -2.15. The molecule has 23 heavy (non-hydrogen) atoms. The molecular formula is C16H10FNO5. The number of aromatic hydroxyl groups is 2. The first kappa shape index (κ1) is 14.6.